The number of thiophene rings is 1. The van der Waals surface area contributed by atoms with Gasteiger partial charge in [-0.25, -0.2) is 9.97 Å². The van der Waals surface area contributed by atoms with E-state index in [1.54, 1.807) is 11.3 Å². The zero-order chi connectivity index (χ0) is 11.7. The topological polar surface area (TPSA) is 29.0 Å². The van der Waals surface area contributed by atoms with Gasteiger partial charge in [0.15, 0.2) is 0 Å². The Morgan fingerprint density at radius 3 is 2.94 bits per heavy atom. The minimum absolute atomic E-state index is 0.466. The smallest absolute Gasteiger partial charge is 0.218 e. The molecule has 1 saturated carbocycles. The molecule has 88 valence electrons. The summed E-state index contributed by atoms with van der Waals surface area (Å²) >= 11 is 1.72. The Bertz CT molecular complexity index is 496. The molecule has 2 aromatic heterocycles. The summed E-state index contributed by atoms with van der Waals surface area (Å²) < 4.78 is 13.1. The summed E-state index contributed by atoms with van der Waals surface area (Å²) in [5, 5.41) is 2.06. The van der Waals surface area contributed by atoms with Gasteiger partial charge < -0.3 is 4.90 Å². The van der Waals surface area contributed by atoms with Gasteiger partial charge in [0.1, 0.15) is 12.1 Å². The zero-order valence-corrected chi connectivity index (χ0v) is 10.0. The molecular formula is C12H12FN3S. The van der Waals surface area contributed by atoms with E-state index < -0.39 is 5.95 Å². The van der Waals surface area contributed by atoms with E-state index >= 15 is 0 Å². The largest absolute Gasteiger partial charge is 0.348 e. The third-order valence-electron chi connectivity index (χ3n) is 2.81. The van der Waals surface area contributed by atoms with Crippen LogP contribution >= 0.6 is 11.3 Å². The van der Waals surface area contributed by atoms with Crippen LogP contribution < -0.4 is 4.90 Å². The molecule has 0 atom stereocenters. The standard InChI is InChI=1S/C12H12FN3S/c13-11-6-12(15-8-14-11)16(9-3-4-9)7-10-2-1-5-17-10/h1-2,5-6,8-9H,3-4,7H2. The molecule has 0 amide bonds. The van der Waals surface area contributed by atoms with Crippen molar-refractivity contribution in [2.45, 2.75) is 25.4 Å². The van der Waals surface area contributed by atoms with E-state index in [1.807, 2.05) is 6.07 Å². The van der Waals surface area contributed by atoms with Crippen LogP contribution in [0.15, 0.2) is 29.9 Å². The highest BCUT2D eigenvalue weighted by Crippen LogP contribution is 2.32. The maximum Gasteiger partial charge on any atom is 0.218 e. The van der Waals surface area contributed by atoms with E-state index in [-0.39, 0.29) is 0 Å². The Hall–Kier alpha value is -1.49. The fourth-order valence-electron chi connectivity index (χ4n) is 1.84. The van der Waals surface area contributed by atoms with E-state index in [4.69, 9.17) is 0 Å². The van der Waals surface area contributed by atoms with E-state index in [1.165, 1.54) is 17.3 Å². The summed E-state index contributed by atoms with van der Waals surface area (Å²) in [4.78, 5) is 11.1. The first-order valence-corrected chi connectivity index (χ1v) is 6.47. The number of anilines is 1. The molecule has 2 heterocycles. The average molecular weight is 249 g/mol. The Morgan fingerprint density at radius 2 is 2.29 bits per heavy atom. The lowest BCUT2D eigenvalue weighted by atomic mass is 10.3. The number of hydrogen-bond acceptors (Lipinski definition) is 4. The van der Waals surface area contributed by atoms with Crippen molar-refractivity contribution in [3.8, 4) is 0 Å². The molecule has 0 aliphatic heterocycles. The lowest BCUT2D eigenvalue weighted by Crippen LogP contribution is -2.25. The normalized spacial score (nSPS) is 14.9. The van der Waals surface area contributed by atoms with Gasteiger partial charge in [-0.05, 0) is 24.3 Å². The Kier molecular flexibility index (Phi) is 2.76. The van der Waals surface area contributed by atoms with E-state index in [2.05, 4.69) is 26.3 Å². The summed E-state index contributed by atoms with van der Waals surface area (Å²) in [6, 6.07) is 6.04. The summed E-state index contributed by atoms with van der Waals surface area (Å²) in [5.41, 5.74) is 0. The van der Waals surface area contributed by atoms with Crippen molar-refractivity contribution in [3.63, 3.8) is 0 Å². The predicted octanol–water partition coefficient (Wildman–Crippen LogP) is 2.85. The fraction of sp³-hybridized carbons (Fsp3) is 0.333. The highest BCUT2D eigenvalue weighted by atomic mass is 32.1. The van der Waals surface area contributed by atoms with Crippen molar-refractivity contribution in [3.05, 3.63) is 40.7 Å². The van der Waals surface area contributed by atoms with Crippen molar-refractivity contribution >= 4 is 17.2 Å². The molecular weight excluding hydrogens is 237 g/mol. The monoisotopic (exact) mass is 249 g/mol. The van der Waals surface area contributed by atoms with Gasteiger partial charge in [0, 0.05) is 17.0 Å². The second-order valence-corrected chi connectivity index (χ2v) is 5.17. The van der Waals surface area contributed by atoms with Crippen LogP contribution in [0.1, 0.15) is 17.7 Å². The van der Waals surface area contributed by atoms with E-state index in [9.17, 15) is 4.39 Å². The molecule has 1 aliphatic carbocycles. The summed E-state index contributed by atoms with van der Waals surface area (Å²) in [6.45, 7) is 0.804. The van der Waals surface area contributed by atoms with Gasteiger partial charge in [-0.3, -0.25) is 0 Å². The van der Waals surface area contributed by atoms with Gasteiger partial charge >= 0.3 is 0 Å². The van der Waals surface area contributed by atoms with E-state index in [0.717, 1.165) is 19.4 Å². The predicted molar refractivity (Wildman–Crippen MR) is 65.5 cm³/mol. The van der Waals surface area contributed by atoms with Crippen LogP contribution in [0.4, 0.5) is 10.2 Å². The second-order valence-electron chi connectivity index (χ2n) is 4.14. The van der Waals surface area contributed by atoms with Crippen LogP contribution in [0.2, 0.25) is 0 Å². The molecule has 1 fully saturated rings. The quantitative estimate of drug-likeness (QED) is 0.780. The molecule has 2 aromatic rings. The van der Waals surface area contributed by atoms with Gasteiger partial charge in [0.25, 0.3) is 0 Å². The van der Waals surface area contributed by atoms with Gasteiger partial charge in [-0.2, -0.15) is 4.39 Å². The van der Waals surface area contributed by atoms with Gasteiger partial charge in [-0.1, -0.05) is 6.07 Å². The van der Waals surface area contributed by atoms with Crippen molar-refractivity contribution in [1.29, 1.82) is 0 Å². The van der Waals surface area contributed by atoms with Crippen LogP contribution in [0.25, 0.3) is 0 Å². The first kappa shape index (κ1) is 10.7. The summed E-state index contributed by atoms with van der Waals surface area (Å²) in [5.74, 6) is 0.222. The van der Waals surface area contributed by atoms with Crippen LogP contribution in [0.5, 0.6) is 0 Å². The summed E-state index contributed by atoms with van der Waals surface area (Å²) in [7, 11) is 0. The maximum atomic E-state index is 13.1. The van der Waals surface area contributed by atoms with Crippen molar-refractivity contribution < 1.29 is 4.39 Å². The van der Waals surface area contributed by atoms with Crippen LogP contribution in [0.3, 0.4) is 0 Å². The molecule has 0 unspecified atom stereocenters. The van der Waals surface area contributed by atoms with Gasteiger partial charge in [0.2, 0.25) is 5.95 Å². The van der Waals surface area contributed by atoms with Crippen molar-refractivity contribution in [1.82, 2.24) is 9.97 Å². The summed E-state index contributed by atoms with van der Waals surface area (Å²) in [6.07, 6.45) is 3.61. The highest BCUT2D eigenvalue weighted by Gasteiger charge is 2.30. The first-order chi connectivity index (χ1) is 8.33. The minimum atomic E-state index is -0.466. The molecule has 3 nitrogen and oxygen atoms in total. The third-order valence-corrected chi connectivity index (χ3v) is 3.67. The molecule has 5 heteroatoms. The number of aromatic nitrogens is 2. The van der Waals surface area contributed by atoms with Crippen LogP contribution in [-0.4, -0.2) is 16.0 Å². The molecule has 0 spiro atoms. The van der Waals surface area contributed by atoms with Crippen molar-refractivity contribution in [2.75, 3.05) is 4.90 Å². The Morgan fingerprint density at radius 1 is 1.41 bits per heavy atom. The molecule has 0 saturated heterocycles. The number of halogens is 1. The molecule has 17 heavy (non-hydrogen) atoms. The third kappa shape index (κ3) is 2.44. The lowest BCUT2D eigenvalue weighted by molar-refractivity contribution is 0.577. The second kappa shape index (κ2) is 4.41. The van der Waals surface area contributed by atoms with E-state index in [0.29, 0.717) is 11.9 Å². The highest BCUT2D eigenvalue weighted by molar-refractivity contribution is 7.09. The molecule has 1 aliphatic rings. The molecule has 0 N–H and O–H groups in total. The number of hydrogen-bond donors (Lipinski definition) is 0. The number of rotatable bonds is 4. The van der Waals surface area contributed by atoms with Gasteiger partial charge in [0.05, 0.1) is 6.54 Å². The molecule has 0 aromatic carbocycles. The fourth-order valence-corrected chi connectivity index (χ4v) is 2.54. The molecule has 3 rings (SSSR count). The number of nitrogens with zero attached hydrogens (tertiary/aromatic N) is 3. The van der Waals surface area contributed by atoms with Crippen molar-refractivity contribution in [2.24, 2.45) is 0 Å². The Balaban J connectivity index is 1.85. The minimum Gasteiger partial charge on any atom is -0.348 e. The van der Waals surface area contributed by atoms with Crippen LogP contribution in [0, 0.1) is 5.95 Å². The Labute approximate surface area is 103 Å². The molecule has 0 bridgehead atoms. The van der Waals surface area contributed by atoms with Gasteiger partial charge in [-0.15, -0.1) is 11.3 Å². The van der Waals surface area contributed by atoms with Crippen LogP contribution in [-0.2, 0) is 6.54 Å². The zero-order valence-electron chi connectivity index (χ0n) is 9.21. The lowest BCUT2D eigenvalue weighted by Gasteiger charge is -2.22. The first-order valence-electron chi connectivity index (χ1n) is 5.59. The SMILES string of the molecule is Fc1cc(N(Cc2cccs2)C2CC2)ncn1. The maximum absolute atomic E-state index is 13.1. The molecule has 0 radical (unpaired) electrons. The average Bonchev–Trinajstić information content (AvgIpc) is 3.03.